The van der Waals surface area contributed by atoms with E-state index < -0.39 is 5.97 Å². The second-order valence-electron chi connectivity index (χ2n) is 1.93. The van der Waals surface area contributed by atoms with Gasteiger partial charge in [-0.25, -0.2) is 4.79 Å². The normalized spacial score (nSPS) is 9.80. The minimum Gasteiger partial charge on any atom is -0.476 e. The molecule has 5 heteroatoms. The number of aryl methyl sites for hydroxylation is 2. The number of aromatic nitrogens is 3. The lowest BCUT2D eigenvalue weighted by molar-refractivity contribution is 0.0689. The summed E-state index contributed by atoms with van der Waals surface area (Å²) in [5, 5.41) is 15.8. The highest BCUT2D eigenvalue weighted by molar-refractivity contribution is 5.86. The first-order chi connectivity index (χ1) is 4.61. The van der Waals surface area contributed by atoms with Gasteiger partial charge in [0.15, 0.2) is 5.69 Å². The van der Waals surface area contributed by atoms with Crippen LogP contribution in [0.5, 0.6) is 0 Å². The Kier molecular flexibility index (Phi) is 1.41. The predicted octanol–water partition coefficient (Wildman–Crippen LogP) is -0.178. The fourth-order valence-corrected chi connectivity index (χ4v) is 0.701. The molecular weight excluding hydrogens is 134 g/mol. The van der Waals surface area contributed by atoms with E-state index >= 15 is 0 Å². The van der Waals surface area contributed by atoms with Crippen LogP contribution in [0.25, 0.3) is 0 Å². The maximum Gasteiger partial charge on any atom is 0.358 e. The van der Waals surface area contributed by atoms with E-state index in [1.54, 1.807) is 14.0 Å². The molecule has 0 fully saturated rings. The molecule has 1 aromatic rings. The van der Waals surface area contributed by atoms with Crippen molar-refractivity contribution in [1.82, 2.24) is 15.0 Å². The molecule has 0 aromatic carbocycles. The van der Waals surface area contributed by atoms with E-state index in [1.807, 2.05) is 0 Å². The van der Waals surface area contributed by atoms with Gasteiger partial charge in [-0.15, -0.1) is 5.10 Å². The zero-order chi connectivity index (χ0) is 7.72. The molecule has 54 valence electrons. The monoisotopic (exact) mass is 141 g/mol. The summed E-state index contributed by atoms with van der Waals surface area (Å²) in [6, 6.07) is 0. The molecule has 0 aliphatic carbocycles. The van der Waals surface area contributed by atoms with Gasteiger partial charge in [0.05, 0.1) is 5.69 Å². The maximum atomic E-state index is 10.3. The van der Waals surface area contributed by atoms with Crippen LogP contribution in [-0.2, 0) is 7.05 Å². The number of carboxylic acid groups (broad SMARTS) is 1. The molecular formula is C5H7N3O2. The minimum atomic E-state index is -1.04. The van der Waals surface area contributed by atoms with Crippen LogP contribution >= 0.6 is 0 Å². The summed E-state index contributed by atoms with van der Waals surface area (Å²) in [5.41, 5.74) is 0.456. The van der Waals surface area contributed by atoms with Crippen molar-refractivity contribution < 1.29 is 9.90 Å². The van der Waals surface area contributed by atoms with E-state index in [1.165, 1.54) is 4.80 Å². The number of aromatic carboxylic acids is 1. The molecule has 0 aliphatic heterocycles. The van der Waals surface area contributed by atoms with Crippen molar-refractivity contribution >= 4 is 5.97 Å². The topological polar surface area (TPSA) is 68.0 Å². The number of nitrogens with zero attached hydrogens (tertiary/aromatic N) is 3. The van der Waals surface area contributed by atoms with Crippen molar-refractivity contribution in [3.05, 3.63) is 11.4 Å². The summed E-state index contributed by atoms with van der Waals surface area (Å²) >= 11 is 0. The summed E-state index contributed by atoms with van der Waals surface area (Å²) in [5.74, 6) is -1.04. The quantitative estimate of drug-likeness (QED) is 0.589. The Morgan fingerprint density at radius 2 is 2.20 bits per heavy atom. The summed E-state index contributed by atoms with van der Waals surface area (Å²) in [7, 11) is 1.58. The molecule has 1 rings (SSSR count). The number of hydrogen-bond donors (Lipinski definition) is 1. The lowest BCUT2D eigenvalue weighted by atomic mass is 10.4. The van der Waals surface area contributed by atoms with Crippen molar-refractivity contribution in [3.63, 3.8) is 0 Å². The van der Waals surface area contributed by atoms with Crippen LogP contribution in [0.4, 0.5) is 0 Å². The van der Waals surface area contributed by atoms with Crippen LogP contribution in [-0.4, -0.2) is 26.1 Å². The highest BCUT2D eigenvalue weighted by Gasteiger charge is 2.11. The average molecular weight is 141 g/mol. The van der Waals surface area contributed by atoms with Crippen molar-refractivity contribution in [3.8, 4) is 0 Å². The molecule has 1 N–H and O–H groups in total. The number of carbonyl (C=O) groups is 1. The van der Waals surface area contributed by atoms with Gasteiger partial charge in [-0.1, -0.05) is 0 Å². The Balaban J connectivity index is 3.15. The zero-order valence-electron chi connectivity index (χ0n) is 5.70. The van der Waals surface area contributed by atoms with Crippen molar-refractivity contribution in [2.75, 3.05) is 0 Å². The lowest BCUT2D eigenvalue weighted by Gasteiger charge is -1.82. The Morgan fingerprint density at radius 1 is 1.60 bits per heavy atom. The Morgan fingerprint density at radius 3 is 2.40 bits per heavy atom. The summed E-state index contributed by atoms with van der Waals surface area (Å²) < 4.78 is 0. The van der Waals surface area contributed by atoms with E-state index in [0.29, 0.717) is 5.69 Å². The molecule has 1 heterocycles. The molecule has 0 unspecified atom stereocenters. The standard InChI is InChI=1S/C5H7N3O2/c1-3-4(5(9)10)7-8(2)6-3/h1-2H3,(H,9,10). The van der Waals surface area contributed by atoms with E-state index in [4.69, 9.17) is 5.11 Å². The molecule has 5 nitrogen and oxygen atoms in total. The van der Waals surface area contributed by atoms with E-state index in [9.17, 15) is 4.79 Å². The molecule has 0 aliphatic rings. The van der Waals surface area contributed by atoms with Gasteiger partial charge in [0.25, 0.3) is 0 Å². The van der Waals surface area contributed by atoms with Gasteiger partial charge in [-0.3, -0.25) is 0 Å². The first-order valence-corrected chi connectivity index (χ1v) is 2.72. The minimum absolute atomic E-state index is 0.0162. The fraction of sp³-hybridized carbons (Fsp3) is 0.400. The second-order valence-corrected chi connectivity index (χ2v) is 1.93. The summed E-state index contributed by atoms with van der Waals surface area (Å²) in [6.45, 7) is 1.61. The highest BCUT2D eigenvalue weighted by Crippen LogP contribution is 1.98. The van der Waals surface area contributed by atoms with Gasteiger partial charge in [0.1, 0.15) is 0 Å². The van der Waals surface area contributed by atoms with Crippen molar-refractivity contribution in [1.29, 1.82) is 0 Å². The third kappa shape index (κ3) is 0.975. The molecule has 0 bridgehead atoms. The number of rotatable bonds is 1. The van der Waals surface area contributed by atoms with Gasteiger partial charge in [0.2, 0.25) is 0 Å². The first kappa shape index (κ1) is 6.73. The van der Waals surface area contributed by atoms with E-state index in [2.05, 4.69) is 10.2 Å². The van der Waals surface area contributed by atoms with E-state index in [0.717, 1.165) is 0 Å². The molecule has 1 aromatic heterocycles. The summed E-state index contributed by atoms with van der Waals surface area (Å²) in [6.07, 6.45) is 0. The molecule has 10 heavy (non-hydrogen) atoms. The highest BCUT2D eigenvalue weighted by atomic mass is 16.4. The molecule has 0 amide bonds. The predicted molar refractivity (Wildman–Crippen MR) is 32.7 cm³/mol. The molecule has 0 saturated carbocycles. The van der Waals surface area contributed by atoms with Gasteiger partial charge < -0.3 is 5.11 Å². The van der Waals surface area contributed by atoms with E-state index in [-0.39, 0.29) is 5.69 Å². The Bertz CT molecular complexity index is 266. The largest absolute Gasteiger partial charge is 0.476 e. The van der Waals surface area contributed by atoms with Gasteiger partial charge in [0, 0.05) is 7.05 Å². The van der Waals surface area contributed by atoms with Gasteiger partial charge in [-0.05, 0) is 6.92 Å². The molecule has 0 spiro atoms. The first-order valence-electron chi connectivity index (χ1n) is 2.72. The van der Waals surface area contributed by atoms with Crippen LogP contribution < -0.4 is 0 Å². The second kappa shape index (κ2) is 2.09. The van der Waals surface area contributed by atoms with Crippen LogP contribution in [0.3, 0.4) is 0 Å². The average Bonchev–Trinajstić information content (AvgIpc) is 2.10. The smallest absolute Gasteiger partial charge is 0.358 e. The maximum absolute atomic E-state index is 10.3. The zero-order valence-corrected chi connectivity index (χ0v) is 5.70. The summed E-state index contributed by atoms with van der Waals surface area (Å²) in [4.78, 5) is 11.6. The Labute approximate surface area is 57.3 Å². The van der Waals surface area contributed by atoms with Crippen LogP contribution in [0.15, 0.2) is 0 Å². The molecule has 0 atom stereocenters. The van der Waals surface area contributed by atoms with Crippen LogP contribution in [0, 0.1) is 6.92 Å². The SMILES string of the molecule is Cc1nn(C)nc1C(=O)O. The molecule has 0 radical (unpaired) electrons. The number of carboxylic acids is 1. The van der Waals surface area contributed by atoms with Gasteiger partial charge >= 0.3 is 5.97 Å². The third-order valence-electron chi connectivity index (χ3n) is 1.08. The molecule has 0 saturated heterocycles. The number of hydrogen-bond acceptors (Lipinski definition) is 3. The van der Waals surface area contributed by atoms with Crippen molar-refractivity contribution in [2.45, 2.75) is 6.92 Å². The third-order valence-corrected chi connectivity index (χ3v) is 1.08. The van der Waals surface area contributed by atoms with Crippen LogP contribution in [0.2, 0.25) is 0 Å². The van der Waals surface area contributed by atoms with Crippen molar-refractivity contribution in [2.24, 2.45) is 7.05 Å². The lowest BCUT2D eigenvalue weighted by Crippen LogP contribution is -2.00. The fourth-order valence-electron chi connectivity index (χ4n) is 0.701. The van der Waals surface area contributed by atoms with Crippen LogP contribution in [0.1, 0.15) is 16.2 Å². The Hall–Kier alpha value is -1.39. The van der Waals surface area contributed by atoms with Gasteiger partial charge in [-0.2, -0.15) is 9.90 Å².